The molecule has 14 heavy (non-hydrogen) atoms. The maximum Gasteiger partial charge on any atom is 0.307 e. The first-order valence-electron chi connectivity index (χ1n) is 4.04. The highest BCUT2D eigenvalue weighted by atomic mass is 32.1. The Morgan fingerprint density at radius 1 is 1.57 bits per heavy atom. The Morgan fingerprint density at radius 2 is 2.36 bits per heavy atom. The topological polar surface area (TPSA) is 66.0 Å². The number of benzene rings is 1. The number of imidazole rings is 1. The second-order valence-electron chi connectivity index (χ2n) is 2.94. The normalized spacial score (nSPS) is 10.6. The lowest BCUT2D eigenvalue weighted by Crippen LogP contribution is -2.00. The zero-order valence-corrected chi connectivity index (χ0v) is 8.08. The quantitative estimate of drug-likeness (QED) is 0.655. The number of aliphatic carboxylic acids is 1. The molecule has 1 aromatic heterocycles. The van der Waals surface area contributed by atoms with E-state index in [4.69, 9.17) is 5.11 Å². The maximum absolute atomic E-state index is 10.6. The first-order valence-corrected chi connectivity index (χ1v) is 4.49. The molecular weight excluding hydrogens is 200 g/mol. The number of carbonyl (C=O) groups is 1. The Labute approximate surface area is 85.4 Å². The van der Waals surface area contributed by atoms with Crippen LogP contribution in [-0.4, -0.2) is 21.0 Å². The number of aromatic nitrogens is 2. The van der Waals surface area contributed by atoms with E-state index in [0.717, 1.165) is 10.4 Å². The summed E-state index contributed by atoms with van der Waals surface area (Å²) in [6, 6.07) is 3.50. The van der Waals surface area contributed by atoms with Gasteiger partial charge in [0.1, 0.15) is 0 Å². The third-order valence-electron chi connectivity index (χ3n) is 1.98. The number of nitrogens with zero attached hydrogens (tertiary/aromatic N) is 1. The fourth-order valence-electron chi connectivity index (χ4n) is 1.38. The number of aromatic amines is 1. The fourth-order valence-corrected chi connectivity index (χ4v) is 1.63. The highest BCUT2D eigenvalue weighted by Gasteiger charge is 2.09. The predicted octanol–water partition coefficient (Wildman–Crippen LogP) is 1.48. The zero-order chi connectivity index (χ0) is 10.1. The van der Waals surface area contributed by atoms with E-state index in [1.165, 1.54) is 6.33 Å². The minimum absolute atomic E-state index is 0.0184. The van der Waals surface area contributed by atoms with Crippen molar-refractivity contribution in [2.75, 3.05) is 0 Å². The van der Waals surface area contributed by atoms with Crippen molar-refractivity contribution in [2.45, 2.75) is 11.3 Å². The molecule has 0 radical (unpaired) electrons. The van der Waals surface area contributed by atoms with Crippen molar-refractivity contribution in [3.63, 3.8) is 0 Å². The van der Waals surface area contributed by atoms with Gasteiger partial charge in [-0.2, -0.15) is 0 Å². The van der Waals surface area contributed by atoms with Crippen LogP contribution in [0.4, 0.5) is 0 Å². The van der Waals surface area contributed by atoms with Crippen LogP contribution < -0.4 is 0 Å². The number of carboxylic acids is 1. The van der Waals surface area contributed by atoms with Gasteiger partial charge in [0.2, 0.25) is 0 Å². The summed E-state index contributed by atoms with van der Waals surface area (Å²) in [5, 5.41) is 8.68. The molecule has 2 aromatic rings. The van der Waals surface area contributed by atoms with Crippen molar-refractivity contribution < 1.29 is 9.90 Å². The van der Waals surface area contributed by atoms with Crippen LogP contribution in [-0.2, 0) is 11.2 Å². The maximum atomic E-state index is 10.6. The summed E-state index contributed by atoms with van der Waals surface area (Å²) >= 11 is 4.24. The lowest BCUT2D eigenvalue weighted by atomic mass is 10.1. The molecule has 0 saturated carbocycles. The van der Waals surface area contributed by atoms with Crippen LogP contribution in [0.25, 0.3) is 11.0 Å². The van der Waals surface area contributed by atoms with Gasteiger partial charge in [-0.1, -0.05) is 6.07 Å². The molecule has 0 spiro atoms. The van der Waals surface area contributed by atoms with E-state index in [1.807, 2.05) is 0 Å². The van der Waals surface area contributed by atoms with Crippen molar-refractivity contribution in [1.82, 2.24) is 9.97 Å². The van der Waals surface area contributed by atoms with E-state index in [0.29, 0.717) is 11.1 Å². The Hall–Kier alpha value is -1.49. The standard InChI is InChI=1S/C9H8N2O2S/c12-7(13)3-5-1-2-6(14)9-8(5)10-4-11-9/h1-2,4,14H,3H2,(H,10,11)(H,12,13). The highest BCUT2D eigenvalue weighted by Crippen LogP contribution is 2.22. The number of rotatable bonds is 2. The molecule has 0 aliphatic rings. The van der Waals surface area contributed by atoms with Crippen LogP contribution in [0.5, 0.6) is 0 Å². The third kappa shape index (κ3) is 1.46. The van der Waals surface area contributed by atoms with E-state index < -0.39 is 5.97 Å². The van der Waals surface area contributed by atoms with Crippen molar-refractivity contribution in [3.05, 3.63) is 24.0 Å². The SMILES string of the molecule is O=C(O)Cc1ccc(S)c2[nH]cnc12. The van der Waals surface area contributed by atoms with Gasteiger partial charge in [-0.05, 0) is 11.6 Å². The van der Waals surface area contributed by atoms with E-state index in [1.54, 1.807) is 12.1 Å². The van der Waals surface area contributed by atoms with Gasteiger partial charge in [0.15, 0.2) is 0 Å². The van der Waals surface area contributed by atoms with Crippen LogP contribution in [0.1, 0.15) is 5.56 Å². The van der Waals surface area contributed by atoms with E-state index in [9.17, 15) is 4.79 Å². The molecule has 0 atom stereocenters. The van der Waals surface area contributed by atoms with E-state index in [2.05, 4.69) is 22.6 Å². The average Bonchev–Trinajstić information content (AvgIpc) is 2.58. The summed E-state index contributed by atoms with van der Waals surface area (Å²) in [5.41, 5.74) is 2.17. The second kappa shape index (κ2) is 3.34. The number of hydrogen-bond acceptors (Lipinski definition) is 3. The van der Waals surface area contributed by atoms with Gasteiger partial charge < -0.3 is 10.1 Å². The van der Waals surface area contributed by atoms with Crippen LogP contribution in [0.3, 0.4) is 0 Å². The highest BCUT2D eigenvalue weighted by molar-refractivity contribution is 7.80. The van der Waals surface area contributed by atoms with Crippen molar-refractivity contribution in [3.8, 4) is 0 Å². The van der Waals surface area contributed by atoms with Crippen LogP contribution in [0.15, 0.2) is 23.4 Å². The number of nitrogens with one attached hydrogen (secondary N) is 1. The summed E-state index contributed by atoms with van der Waals surface area (Å²) in [7, 11) is 0. The molecule has 0 saturated heterocycles. The molecule has 1 heterocycles. The molecule has 1 aromatic carbocycles. The molecule has 4 nitrogen and oxygen atoms in total. The molecule has 0 aliphatic carbocycles. The summed E-state index contributed by atoms with van der Waals surface area (Å²) in [4.78, 5) is 18.3. The first kappa shape index (κ1) is 9.08. The van der Waals surface area contributed by atoms with Gasteiger partial charge in [0.25, 0.3) is 0 Å². The Balaban J connectivity index is 2.60. The van der Waals surface area contributed by atoms with Crippen LogP contribution in [0, 0.1) is 0 Å². The lowest BCUT2D eigenvalue weighted by Gasteiger charge is -2.00. The van der Waals surface area contributed by atoms with Gasteiger partial charge in [0, 0.05) is 4.90 Å². The summed E-state index contributed by atoms with van der Waals surface area (Å²) in [5.74, 6) is -0.860. The largest absolute Gasteiger partial charge is 0.481 e. The Kier molecular flexibility index (Phi) is 2.17. The molecule has 0 unspecified atom stereocenters. The molecule has 0 fully saturated rings. The molecule has 72 valence electrons. The number of H-pyrrole nitrogens is 1. The summed E-state index contributed by atoms with van der Waals surface area (Å²) in [6.07, 6.45) is 1.52. The molecule has 2 rings (SSSR count). The second-order valence-corrected chi connectivity index (χ2v) is 3.42. The monoisotopic (exact) mass is 208 g/mol. The number of carboxylic acid groups (broad SMARTS) is 1. The molecule has 0 bridgehead atoms. The van der Waals surface area contributed by atoms with Gasteiger partial charge >= 0.3 is 5.97 Å². The predicted molar refractivity (Wildman–Crippen MR) is 54.7 cm³/mol. The fraction of sp³-hybridized carbons (Fsp3) is 0.111. The Bertz CT molecular complexity index is 493. The van der Waals surface area contributed by atoms with Gasteiger partial charge in [-0.15, -0.1) is 12.6 Å². The average molecular weight is 208 g/mol. The van der Waals surface area contributed by atoms with E-state index >= 15 is 0 Å². The van der Waals surface area contributed by atoms with Crippen LogP contribution >= 0.6 is 12.6 Å². The third-order valence-corrected chi connectivity index (χ3v) is 2.36. The summed E-state index contributed by atoms with van der Waals surface area (Å²) < 4.78 is 0. The molecule has 5 heteroatoms. The Morgan fingerprint density at radius 3 is 3.07 bits per heavy atom. The molecule has 0 amide bonds. The minimum atomic E-state index is -0.860. The molecule has 0 aliphatic heterocycles. The smallest absolute Gasteiger partial charge is 0.307 e. The van der Waals surface area contributed by atoms with Crippen molar-refractivity contribution in [1.29, 1.82) is 0 Å². The van der Waals surface area contributed by atoms with E-state index in [-0.39, 0.29) is 6.42 Å². The van der Waals surface area contributed by atoms with Gasteiger partial charge in [-0.3, -0.25) is 4.79 Å². The number of thiol groups is 1. The number of fused-ring (bicyclic) bond motifs is 1. The van der Waals surface area contributed by atoms with Crippen molar-refractivity contribution >= 4 is 29.6 Å². The zero-order valence-electron chi connectivity index (χ0n) is 7.19. The van der Waals surface area contributed by atoms with Gasteiger partial charge in [0.05, 0.1) is 23.8 Å². The molecular formula is C9H8N2O2S. The number of hydrogen-bond donors (Lipinski definition) is 3. The summed E-state index contributed by atoms with van der Waals surface area (Å²) in [6.45, 7) is 0. The van der Waals surface area contributed by atoms with Crippen LogP contribution in [0.2, 0.25) is 0 Å². The molecule has 2 N–H and O–H groups in total. The van der Waals surface area contributed by atoms with Gasteiger partial charge in [-0.25, -0.2) is 4.98 Å². The lowest BCUT2D eigenvalue weighted by molar-refractivity contribution is -0.136. The first-order chi connectivity index (χ1) is 6.68. The minimum Gasteiger partial charge on any atom is -0.481 e. The van der Waals surface area contributed by atoms with Crippen molar-refractivity contribution in [2.24, 2.45) is 0 Å².